The van der Waals surface area contributed by atoms with E-state index in [0.29, 0.717) is 30.4 Å². The Kier molecular flexibility index (Phi) is 6.80. The van der Waals surface area contributed by atoms with Crippen molar-refractivity contribution in [2.45, 2.75) is 39.0 Å². The summed E-state index contributed by atoms with van der Waals surface area (Å²) in [5, 5.41) is 6.69. The molecule has 1 aromatic heterocycles. The minimum atomic E-state index is -0.0109. The number of aromatic nitrogens is 1. The normalized spacial score (nSPS) is 25.2. The third-order valence-corrected chi connectivity index (χ3v) is 6.61. The van der Waals surface area contributed by atoms with Crippen LogP contribution in [0.15, 0.2) is 22.2 Å². The molecule has 0 bridgehead atoms. The second-order valence-electron chi connectivity index (χ2n) is 8.79. The number of carbonyl (C=O) groups is 1. The van der Waals surface area contributed by atoms with Crippen molar-refractivity contribution < 1.29 is 9.53 Å². The average Bonchev–Trinajstić information content (AvgIpc) is 3.30. The van der Waals surface area contributed by atoms with E-state index < -0.39 is 0 Å². The van der Waals surface area contributed by atoms with Crippen molar-refractivity contribution in [3.05, 3.63) is 22.8 Å². The van der Waals surface area contributed by atoms with Crippen LogP contribution in [0.2, 0.25) is 5.02 Å². The number of nitrogens with zero attached hydrogens (tertiary/aromatic N) is 3. The van der Waals surface area contributed by atoms with Crippen LogP contribution >= 0.6 is 11.6 Å². The molecule has 162 valence electrons. The second-order valence-corrected chi connectivity index (χ2v) is 9.20. The number of rotatable bonds is 5. The van der Waals surface area contributed by atoms with Gasteiger partial charge in [0.2, 0.25) is 5.91 Å². The first-order valence-corrected chi connectivity index (χ1v) is 11.2. The predicted molar refractivity (Wildman–Crippen MR) is 120 cm³/mol. The number of carbonyl (C=O) groups excluding carboxylic acids is 1. The van der Waals surface area contributed by atoms with Crippen LogP contribution in [0.4, 0.5) is 5.82 Å². The van der Waals surface area contributed by atoms with E-state index >= 15 is 0 Å². The number of aliphatic imine (C=N–C) groups is 2. The highest BCUT2D eigenvalue weighted by Crippen LogP contribution is 2.30. The van der Waals surface area contributed by atoms with Crippen LogP contribution in [0, 0.1) is 11.3 Å². The lowest BCUT2D eigenvalue weighted by Crippen LogP contribution is -2.30. The zero-order valence-corrected chi connectivity index (χ0v) is 18.3. The first-order chi connectivity index (χ1) is 14.5. The van der Waals surface area contributed by atoms with Gasteiger partial charge in [-0.05, 0) is 37.3 Å². The summed E-state index contributed by atoms with van der Waals surface area (Å²) in [7, 11) is 0. The van der Waals surface area contributed by atoms with Crippen molar-refractivity contribution in [1.29, 1.82) is 0 Å². The van der Waals surface area contributed by atoms with E-state index in [9.17, 15) is 4.79 Å². The maximum atomic E-state index is 12.4. The first kappa shape index (κ1) is 21.4. The lowest BCUT2D eigenvalue weighted by atomic mass is 9.82. The summed E-state index contributed by atoms with van der Waals surface area (Å²) in [5.41, 5.74) is 3.14. The first-order valence-electron chi connectivity index (χ1n) is 10.8. The fourth-order valence-corrected chi connectivity index (χ4v) is 4.35. The zero-order chi connectivity index (χ0) is 21.0. The Morgan fingerprint density at radius 3 is 3.03 bits per heavy atom. The van der Waals surface area contributed by atoms with Crippen LogP contribution in [0.3, 0.4) is 0 Å². The van der Waals surface area contributed by atoms with E-state index in [1.54, 1.807) is 6.20 Å². The van der Waals surface area contributed by atoms with Gasteiger partial charge in [0.1, 0.15) is 5.82 Å². The van der Waals surface area contributed by atoms with E-state index in [1.807, 2.05) is 6.07 Å². The van der Waals surface area contributed by atoms with Crippen molar-refractivity contribution in [3.63, 3.8) is 0 Å². The summed E-state index contributed by atoms with van der Waals surface area (Å²) in [6.07, 6.45) is 6.13. The minimum Gasteiger partial charge on any atom is -0.381 e. The molecule has 8 heteroatoms. The van der Waals surface area contributed by atoms with Gasteiger partial charge < -0.3 is 15.4 Å². The van der Waals surface area contributed by atoms with Gasteiger partial charge in [0, 0.05) is 68.9 Å². The van der Waals surface area contributed by atoms with Crippen molar-refractivity contribution in [1.82, 2.24) is 10.3 Å². The molecule has 3 aliphatic rings. The summed E-state index contributed by atoms with van der Waals surface area (Å²) < 4.78 is 5.49. The van der Waals surface area contributed by atoms with Gasteiger partial charge in [0.15, 0.2) is 0 Å². The lowest BCUT2D eigenvalue weighted by Gasteiger charge is -2.32. The number of halogens is 1. The molecule has 4 heterocycles. The number of hydrogen-bond acceptors (Lipinski definition) is 6. The maximum absolute atomic E-state index is 12.4. The predicted octanol–water partition coefficient (Wildman–Crippen LogP) is 3.12. The molecule has 0 aromatic carbocycles. The number of pyridine rings is 1. The molecule has 1 aromatic rings. The van der Waals surface area contributed by atoms with Gasteiger partial charge in [-0.3, -0.25) is 14.8 Å². The Balaban J connectivity index is 1.44. The zero-order valence-electron chi connectivity index (χ0n) is 17.5. The lowest BCUT2D eigenvalue weighted by molar-refractivity contribution is -0.119. The summed E-state index contributed by atoms with van der Waals surface area (Å²) in [4.78, 5) is 26.4. The molecule has 1 unspecified atom stereocenters. The molecule has 4 rings (SSSR count). The molecule has 0 saturated carbocycles. The monoisotopic (exact) mass is 431 g/mol. The third-order valence-electron chi connectivity index (χ3n) is 6.31. The molecule has 0 radical (unpaired) electrons. The number of hydrogen-bond donors (Lipinski definition) is 2. The Morgan fingerprint density at radius 2 is 2.27 bits per heavy atom. The quantitative estimate of drug-likeness (QED) is 0.749. The van der Waals surface area contributed by atoms with Crippen LogP contribution in [0.5, 0.6) is 0 Å². The standard InChI is InChI=1S/C22H30ClN5O2/c1-22(4-8-30-9-5-22)14-27-16-3-7-25-19(10-16)17-11-20(26-13-18(17)23)28-21(29)15-2-6-24-12-15/h11,13,15,24H,2-10,12,14H2,1H3,(H,26,28,29). The average molecular weight is 432 g/mol. The molecule has 2 N–H and O–H groups in total. The van der Waals surface area contributed by atoms with Crippen LogP contribution in [0.25, 0.3) is 0 Å². The molecule has 1 amide bonds. The summed E-state index contributed by atoms with van der Waals surface area (Å²) in [5.74, 6) is 0.509. The van der Waals surface area contributed by atoms with Crippen LogP contribution in [0.1, 0.15) is 44.6 Å². The summed E-state index contributed by atoms with van der Waals surface area (Å²) in [6, 6.07) is 1.84. The molecule has 2 saturated heterocycles. The summed E-state index contributed by atoms with van der Waals surface area (Å²) >= 11 is 6.44. The number of amides is 1. The molecule has 0 aliphatic carbocycles. The molecule has 7 nitrogen and oxygen atoms in total. The van der Waals surface area contributed by atoms with Crippen molar-refractivity contribution in [3.8, 4) is 0 Å². The van der Waals surface area contributed by atoms with Gasteiger partial charge in [-0.15, -0.1) is 0 Å². The van der Waals surface area contributed by atoms with Gasteiger partial charge in [-0.1, -0.05) is 18.5 Å². The van der Waals surface area contributed by atoms with Crippen LogP contribution < -0.4 is 10.6 Å². The Morgan fingerprint density at radius 1 is 1.43 bits per heavy atom. The van der Waals surface area contributed by atoms with E-state index in [-0.39, 0.29) is 17.2 Å². The second kappa shape index (κ2) is 9.54. The smallest absolute Gasteiger partial charge is 0.229 e. The van der Waals surface area contributed by atoms with Gasteiger partial charge in [0.05, 0.1) is 10.9 Å². The van der Waals surface area contributed by atoms with Crippen LogP contribution in [-0.2, 0) is 9.53 Å². The molecule has 2 fully saturated rings. The highest BCUT2D eigenvalue weighted by Gasteiger charge is 2.28. The van der Waals surface area contributed by atoms with Crippen molar-refractivity contribution in [2.75, 3.05) is 44.7 Å². The van der Waals surface area contributed by atoms with Gasteiger partial charge in [0.25, 0.3) is 0 Å². The highest BCUT2D eigenvalue weighted by molar-refractivity contribution is 6.35. The topological polar surface area (TPSA) is 88.0 Å². The Labute approximate surface area is 182 Å². The molecule has 0 spiro atoms. The Hall–Kier alpha value is -1.83. The Bertz CT molecular complexity index is 842. The number of ether oxygens (including phenoxy) is 1. The molecule has 3 aliphatic heterocycles. The molecular formula is C22H30ClN5O2. The minimum absolute atomic E-state index is 0.00156. The molecule has 1 atom stereocenters. The fraction of sp³-hybridized carbons (Fsp3) is 0.636. The number of anilines is 1. The van der Waals surface area contributed by atoms with Crippen LogP contribution in [-0.4, -0.2) is 61.7 Å². The maximum Gasteiger partial charge on any atom is 0.229 e. The van der Waals surface area contributed by atoms with E-state index in [1.165, 1.54) is 5.71 Å². The SMILES string of the molecule is CC1(CN=C2CCN=C(c3cc(NC(=O)C4CCNC4)ncc3Cl)C2)CCOCC1. The van der Waals surface area contributed by atoms with E-state index in [4.69, 9.17) is 26.3 Å². The van der Waals surface area contributed by atoms with Gasteiger partial charge in [-0.2, -0.15) is 0 Å². The molecule has 30 heavy (non-hydrogen) atoms. The van der Waals surface area contributed by atoms with Gasteiger partial charge in [-0.25, -0.2) is 4.98 Å². The van der Waals surface area contributed by atoms with E-state index in [0.717, 1.165) is 63.3 Å². The van der Waals surface area contributed by atoms with Crippen molar-refractivity contribution in [2.24, 2.45) is 21.3 Å². The largest absolute Gasteiger partial charge is 0.381 e. The fourth-order valence-electron chi connectivity index (χ4n) is 4.13. The summed E-state index contributed by atoms with van der Waals surface area (Å²) in [6.45, 7) is 7.08. The van der Waals surface area contributed by atoms with E-state index in [2.05, 4.69) is 22.5 Å². The highest BCUT2D eigenvalue weighted by atomic mass is 35.5. The number of nitrogens with one attached hydrogen (secondary N) is 2. The van der Waals surface area contributed by atoms with Crippen molar-refractivity contribution >= 4 is 34.7 Å². The van der Waals surface area contributed by atoms with Gasteiger partial charge >= 0.3 is 0 Å². The molecular weight excluding hydrogens is 402 g/mol. The third kappa shape index (κ3) is 5.25.